The molecule has 0 saturated heterocycles. The maximum atomic E-state index is 14.0. The number of hydrogen-bond acceptors (Lipinski definition) is 8. The summed E-state index contributed by atoms with van der Waals surface area (Å²) in [5.74, 6) is -0.420. The number of ether oxygens (including phenoxy) is 1. The van der Waals surface area contributed by atoms with Crippen LogP contribution < -0.4 is 15.4 Å². The van der Waals surface area contributed by atoms with E-state index in [2.05, 4.69) is 26.3 Å². The van der Waals surface area contributed by atoms with E-state index in [0.717, 1.165) is 41.9 Å². The van der Waals surface area contributed by atoms with Gasteiger partial charge in [0, 0.05) is 18.4 Å². The predicted octanol–water partition coefficient (Wildman–Crippen LogP) is 6.34. The van der Waals surface area contributed by atoms with Gasteiger partial charge in [-0.2, -0.15) is 0 Å². The van der Waals surface area contributed by atoms with E-state index in [1.54, 1.807) is 42.5 Å². The van der Waals surface area contributed by atoms with E-state index in [9.17, 15) is 13.2 Å². The van der Waals surface area contributed by atoms with Crippen LogP contribution in [0.2, 0.25) is 0 Å². The number of esters is 1. The summed E-state index contributed by atoms with van der Waals surface area (Å²) in [6.45, 7) is 6.18. The summed E-state index contributed by atoms with van der Waals surface area (Å²) < 4.78 is 35.4. The number of nitrogens with zero attached hydrogens (tertiary/aromatic N) is 2. The molecule has 1 aliphatic carbocycles. The number of rotatable bonds is 9. The number of carbonyl (C=O) groups is 1. The van der Waals surface area contributed by atoms with Gasteiger partial charge in [-0.15, -0.1) is 0 Å². The minimum atomic E-state index is -3.83. The van der Waals surface area contributed by atoms with Crippen molar-refractivity contribution in [3.8, 4) is 0 Å². The zero-order valence-electron chi connectivity index (χ0n) is 25.8. The highest BCUT2D eigenvalue weighted by Gasteiger charge is 2.49. The first kappa shape index (κ1) is 30.6. The minimum Gasteiger partial charge on any atom is -0.457 e. The molecule has 45 heavy (non-hydrogen) atoms. The molecule has 9 nitrogen and oxygen atoms in total. The van der Waals surface area contributed by atoms with Crippen LogP contribution in [0, 0.1) is 0 Å². The molecule has 2 heterocycles. The van der Waals surface area contributed by atoms with Gasteiger partial charge >= 0.3 is 5.97 Å². The Balaban J connectivity index is 1.37. The van der Waals surface area contributed by atoms with E-state index in [4.69, 9.17) is 9.72 Å². The van der Waals surface area contributed by atoms with Crippen LogP contribution in [0.25, 0.3) is 0 Å². The summed E-state index contributed by atoms with van der Waals surface area (Å²) in [7, 11) is -3.83. The standard InChI is InChI=1S/C35H39N5O4S/c1-34(2,3)44-33(41)35(37-29-18-7-8-19-30(29)38-35)24-40(31-20-10-13-26-14-11-21-36-32(26)31)23-25-12-9-17-28(22-25)45(42,43)39-27-15-5-4-6-16-27/h4-9,11-12,14-19,21-22,31,37-39H,10,13,20,23-24H2,1-3H3. The Kier molecular flexibility index (Phi) is 8.28. The van der Waals surface area contributed by atoms with E-state index >= 15 is 0 Å². The Morgan fingerprint density at radius 1 is 0.978 bits per heavy atom. The molecule has 0 amide bonds. The quantitative estimate of drug-likeness (QED) is 0.185. The molecule has 4 aromatic rings. The van der Waals surface area contributed by atoms with Crippen molar-refractivity contribution in [1.29, 1.82) is 0 Å². The van der Waals surface area contributed by atoms with E-state index in [1.807, 2.05) is 69.4 Å². The third-order valence-electron chi connectivity index (χ3n) is 8.04. The first-order valence-corrected chi connectivity index (χ1v) is 16.7. The molecule has 6 rings (SSSR count). The van der Waals surface area contributed by atoms with E-state index in [0.29, 0.717) is 12.2 Å². The molecular weight excluding hydrogens is 586 g/mol. The van der Waals surface area contributed by atoms with E-state index < -0.39 is 27.3 Å². The fourth-order valence-electron chi connectivity index (χ4n) is 6.09. The second kappa shape index (κ2) is 12.2. The predicted molar refractivity (Wildman–Crippen MR) is 176 cm³/mol. The molecule has 1 aliphatic heterocycles. The number of nitrogens with one attached hydrogen (secondary N) is 3. The maximum Gasteiger partial charge on any atom is 0.354 e. The van der Waals surface area contributed by atoms with Crippen molar-refractivity contribution >= 4 is 33.1 Å². The molecule has 1 aromatic heterocycles. The van der Waals surface area contributed by atoms with Crippen molar-refractivity contribution in [1.82, 2.24) is 9.88 Å². The Hall–Kier alpha value is -4.41. The molecule has 234 valence electrons. The number of aromatic nitrogens is 1. The molecule has 3 N–H and O–H groups in total. The lowest BCUT2D eigenvalue weighted by molar-refractivity contribution is -0.160. The van der Waals surface area contributed by atoms with Gasteiger partial charge in [-0.3, -0.25) is 14.6 Å². The number of fused-ring (bicyclic) bond motifs is 2. The largest absolute Gasteiger partial charge is 0.457 e. The Morgan fingerprint density at radius 2 is 1.69 bits per heavy atom. The normalized spacial score (nSPS) is 17.0. The zero-order chi connectivity index (χ0) is 31.7. The highest BCUT2D eigenvalue weighted by atomic mass is 32.2. The van der Waals surface area contributed by atoms with Crippen LogP contribution in [0.5, 0.6) is 0 Å². The summed E-state index contributed by atoms with van der Waals surface area (Å²) in [6.07, 6.45) is 4.56. The van der Waals surface area contributed by atoms with E-state index in [1.165, 1.54) is 5.56 Å². The van der Waals surface area contributed by atoms with Gasteiger partial charge in [0.2, 0.25) is 5.66 Å². The number of carbonyl (C=O) groups excluding carboxylic acids is 1. The van der Waals surface area contributed by atoms with Gasteiger partial charge in [-0.05, 0) is 93.6 Å². The third-order valence-corrected chi connectivity index (χ3v) is 9.42. The lowest BCUT2D eigenvalue weighted by Gasteiger charge is -2.41. The van der Waals surface area contributed by atoms with Crippen LogP contribution in [0.15, 0.2) is 102 Å². The van der Waals surface area contributed by atoms with Crippen LogP contribution >= 0.6 is 0 Å². The number of pyridine rings is 1. The monoisotopic (exact) mass is 625 g/mol. The fourth-order valence-corrected chi connectivity index (χ4v) is 7.22. The number of benzene rings is 3. The van der Waals surface area contributed by atoms with Crippen LogP contribution in [-0.2, 0) is 32.5 Å². The molecule has 2 aliphatic rings. The van der Waals surface area contributed by atoms with Gasteiger partial charge < -0.3 is 15.4 Å². The topological polar surface area (TPSA) is 113 Å². The summed E-state index contributed by atoms with van der Waals surface area (Å²) in [4.78, 5) is 21.2. The lowest BCUT2D eigenvalue weighted by Crippen LogP contribution is -2.59. The molecule has 10 heteroatoms. The molecule has 1 unspecified atom stereocenters. The molecule has 0 radical (unpaired) electrons. The number of sulfonamides is 1. The minimum absolute atomic E-state index is 0.107. The smallest absolute Gasteiger partial charge is 0.354 e. The second-order valence-corrected chi connectivity index (χ2v) is 14.4. The first-order valence-electron chi connectivity index (χ1n) is 15.2. The van der Waals surface area contributed by atoms with Gasteiger partial charge in [0.05, 0.1) is 34.6 Å². The summed E-state index contributed by atoms with van der Waals surface area (Å²) >= 11 is 0. The maximum absolute atomic E-state index is 14.0. The van der Waals surface area contributed by atoms with Crippen LogP contribution in [0.1, 0.15) is 56.5 Å². The number of hydrogen-bond donors (Lipinski definition) is 3. The van der Waals surface area contributed by atoms with Gasteiger partial charge in [0.1, 0.15) is 5.60 Å². The SMILES string of the molecule is CC(C)(C)OC(=O)C1(CN(Cc2cccc(S(=O)(=O)Nc3ccccc3)c2)C2CCCc3cccnc32)Nc2ccccc2N1. The third kappa shape index (κ3) is 6.82. The molecule has 3 aromatic carbocycles. The number of para-hydroxylation sites is 3. The van der Waals surface area contributed by atoms with Crippen molar-refractivity contribution in [2.24, 2.45) is 0 Å². The zero-order valence-corrected chi connectivity index (χ0v) is 26.6. The molecule has 0 bridgehead atoms. The van der Waals surface area contributed by atoms with E-state index in [-0.39, 0.29) is 17.5 Å². The Labute approximate surface area is 265 Å². The van der Waals surface area contributed by atoms with Gasteiger partial charge in [0.25, 0.3) is 10.0 Å². The molecule has 1 atom stereocenters. The molecule has 0 spiro atoms. The van der Waals surface area contributed by atoms with Crippen molar-refractivity contribution in [2.75, 3.05) is 21.9 Å². The fraction of sp³-hybridized carbons (Fsp3) is 0.314. The molecular formula is C35H39N5O4S. The van der Waals surface area contributed by atoms with Gasteiger partial charge in [-0.25, -0.2) is 13.2 Å². The lowest BCUT2D eigenvalue weighted by atomic mass is 9.90. The summed E-state index contributed by atoms with van der Waals surface area (Å²) in [6, 6.07) is 27.5. The van der Waals surface area contributed by atoms with Gasteiger partial charge in [0.15, 0.2) is 0 Å². The summed E-state index contributed by atoms with van der Waals surface area (Å²) in [5, 5.41) is 6.92. The number of anilines is 3. The van der Waals surface area contributed by atoms with Crippen molar-refractivity contribution in [3.05, 3.63) is 114 Å². The highest BCUT2D eigenvalue weighted by molar-refractivity contribution is 7.92. The van der Waals surface area contributed by atoms with Crippen LogP contribution in [-0.4, -0.2) is 42.1 Å². The molecule has 0 saturated carbocycles. The Bertz CT molecular complexity index is 1760. The average molecular weight is 626 g/mol. The number of aryl methyl sites for hydroxylation is 1. The van der Waals surface area contributed by atoms with Crippen molar-refractivity contribution in [2.45, 2.75) is 68.8 Å². The van der Waals surface area contributed by atoms with Crippen molar-refractivity contribution in [3.63, 3.8) is 0 Å². The average Bonchev–Trinajstić information content (AvgIpc) is 3.40. The first-order chi connectivity index (χ1) is 21.5. The second-order valence-electron chi connectivity index (χ2n) is 12.7. The van der Waals surface area contributed by atoms with Gasteiger partial charge in [-0.1, -0.05) is 48.5 Å². The van der Waals surface area contributed by atoms with Crippen LogP contribution in [0.4, 0.5) is 17.1 Å². The van der Waals surface area contributed by atoms with Crippen LogP contribution in [0.3, 0.4) is 0 Å². The molecule has 0 fully saturated rings. The van der Waals surface area contributed by atoms with Crippen molar-refractivity contribution < 1.29 is 17.9 Å². The Morgan fingerprint density at radius 3 is 2.40 bits per heavy atom. The summed E-state index contributed by atoms with van der Waals surface area (Å²) in [5.41, 5.74) is 3.08. The highest BCUT2D eigenvalue weighted by Crippen LogP contribution is 2.40.